The summed E-state index contributed by atoms with van der Waals surface area (Å²) in [4.78, 5) is 7.28. The lowest BCUT2D eigenvalue weighted by molar-refractivity contribution is 0.480. The molecule has 1 aromatic heterocycles. The summed E-state index contributed by atoms with van der Waals surface area (Å²) < 4.78 is 0. The molecule has 1 atom stereocenters. The molecule has 0 amide bonds. The van der Waals surface area contributed by atoms with Crippen LogP contribution in [0.25, 0.3) is 0 Å². The molecule has 0 bridgehead atoms. The van der Waals surface area contributed by atoms with Crippen LogP contribution < -0.4 is 10.2 Å². The van der Waals surface area contributed by atoms with Gasteiger partial charge < -0.3 is 10.2 Å². The summed E-state index contributed by atoms with van der Waals surface area (Å²) in [6.07, 6.45) is 4.95. The lowest BCUT2D eigenvalue weighted by Crippen LogP contribution is -2.38. The van der Waals surface area contributed by atoms with E-state index in [4.69, 9.17) is 4.98 Å². The van der Waals surface area contributed by atoms with Crippen molar-refractivity contribution in [3.05, 3.63) is 23.4 Å². The lowest BCUT2D eigenvalue weighted by Gasteiger charge is -2.34. The molecule has 0 spiro atoms. The molecule has 2 rings (SSSR count). The largest absolute Gasteiger partial charge is 0.354 e. The molecule has 1 fully saturated rings. The summed E-state index contributed by atoms with van der Waals surface area (Å²) in [5.41, 5.74) is 2.55. The second kappa shape index (κ2) is 6.19. The van der Waals surface area contributed by atoms with Crippen LogP contribution in [0, 0.1) is 0 Å². The summed E-state index contributed by atoms with van der Waals surface area (Å²) in [6.45, 7) is 6.57. The number of nitrogens with one attached hydrogen (secondary N) is 1. The molecule has 0 aromatic carbocycles. The minimum atomic E-state index is 0.626. The first-order valence-corrected chi connectivity index (χ1v) is 7.15. The van der Waals surface area contributed by atoms with E-state index >= 15 is 0 Å². The van der Waals surface area contributed by atoms with E-state index < -0.39 is 0 Å². The number of hydrogen-bond donors (Lipinski definition) is 1. The summed E-state index contributed by atoms with van der Waals surface area (Å²) >= 11 is 0. The van der Waals surface area contributed by atoms with E-state index in [1.165, 1.54) is 36.3 Å². The van der Waals surface area contributed by atoms with Gasteiger partial charge in [-0.2, -0.15) is 0 Å². The van der Waals surface area contributed by atoms with Gasteiger partial charge in [-0.3, -0.25) is 0 Å². The van der Waals surface area contributed by atoms with Crippen molar-refractivity contribution in [1.29, 1.82) is 0 Å². The second-order valence-corrected chi connectivity index (χ2v) is 5.25. The van der Waals surface area contributed by atoms with Crippen molar-refractivity contribution in [3.8, 4) is 0 Å². The van der Waals surface area contributed by atoms with Crippen molar-refractivity contribution in [2.45, 2.75) is 52.1 Å². The standard InChI is InChI=1S/C15H25N3/c1-4-14-9-13(11-16-3)10-15(17-14)18-8-6-5-7-12(18)2/h9-10,12,16H,4-8,11H2,1-3H3. The van der Waals surface area contributed by atoms with Crippen molar-refractivity contribution in [3.63, 3.8) is 0 Å². The van der Waals surface area contributed by atoms with Crippen LogP contribution in [0.3, 0.4) is 0 Å². The van der Waals surface area contributed by atoms with Gasteiger partial charge in [-0.15, -0.1) is 0 Å². The first-order chi connectivity index (χ1) is 8.74. The zero-order chi connectivity index (χ0) is 13.0. The fraction of sp³-hybridized carbons (Fsp3) is 0.667. The minimum Gasteiger partial charge on any atom is -0.354 e. The molecule has 3 nitrogen and oxygen atoms in total. The number of piperidine rings is 1. The maximum Gasteiger partial charge on any atom is 0.129 e. The fourth-order valence-corrected chi connectivity index (χ4v) is 2.71. The molecule has 1 saturated heterocycles. The van der Waals surface area contributed by atoms with Crippen molar-refractivity contribution in [1.82, 2.24) is 10.3 Å². The predicted molar refractivity (Wildman–Crippen MR) is 77.0 cm³/mol. The number of rotatable bonds is 4. The molecular weight excluding hydrogens is 222 g/mol. The number of pyridine rings is 1. The lowest BCUT2D eigenvalue weighted by atomic mass is 10.0. The van der Waals surface area contributed by atoms with Gasteiger partial charge in [-0.05, 0) is 57.4 Å². The summed E-state index contributed by atoms with van der Waals surface area (Å²) in [7, 11) is 2.00. The normalized spacial score (nSPS) is 20.2. The maximum atomic E-state index is 4.81. The highest BCUT2D eigenvalue weighted by Crippen LogP contribution is 2.24. The molecule has 0 saturated carbocycles. The molecule has 0 radical (unpaired) electrons. The summed E-state index contributed by atoms with van der Waals surface area (Å²) in [6, 6.07) is 5.09. The smallest absolute Gasteiger partial charge is 0.129 e. The summed E-state index contributed by atoms with van der Waals surface area (Å²) in [5.74, 6) is 1.17. The van der Waals surface area contributed by atoms with Gasteiger partial charge in [0, 0.05) is 24.8 Å². The minimum absolute atomic E-state index is 0.626. The van der Waals surface area contributed by atoms with Gasteiger partial charge in [-0.25, -0.2) is 4.98 Å². The third-order valence-electron chi connectivity index (χ3n) is 3.77. The van der Waals surface area contributed by atoms with Gasteiger partial charge in [0.2, 0.25) is 0 Å². The number of nitrogens with zero attached hydrogens (tertiary/aromatic N) is 2. The number of aromatic nitrogens is 1. The first kappa shape index (κ1) is 13.3. The van der Waals surface area contributed by atoms with Crippen molar-refractivity contribution in [2.75, 3.05) is 18.5 Å². The Kier molecular flexibility index (Phi) is 4.59. The highest BCUT2D eigenvalue weighted by molar-refractivity contribution is 5.44. The second-order valence-electron chi connectivity index (χ2n) is 5.25. The number of aryl methyl sites for hydroxylation is 1. The van der Waals surface area contributed by atoms with E-state index in [0.29, 0.717) is 6.04 Å². The van der Waals surface area contributed by atoms with E-state index in [1.807, 2.05) is 7.05 Å². The quantitative estimate of drug-likeness (QED) is 0.886. The van der Waals surface area contributed by atoms with Crippen LogP contribution in [0.4, 0.5) is 5.82 Å². The van der Waals surface area contributed by atoms with Crippen molar-refractivity contribution < 1.29 is 0 Å². The Hall–Kier alpha value is -1.09. The fourth-order valence-electron chi connectivity index (χ4n) is 2.71. The Bertz CT molecular complexity index is 389. The molecule has 18 heavy (non-hydrogen) atoms. The van der Waals surface area contributed by atoms with Crippen LogP contribution in [0.15, 0.2) is 12.1 Å². The average Bonchev–Trinajstić information content (AvgIpc) is 2.39. The van der Waals surface area contributed by atoms with Crippen molar-refractivity contribution >= 4 is 5.82 Å². The van der Waals surface area contributed by atoms with Crippen molar-refractivity contribution in [2.24, 2.45) is 0 Å². The van der Waals surface area contributed by atoms with Crippen LogP contribution in [0.2, 0.25) is 0 Å². The van der Waals surface area contributed by atoms with Gasteiger partial charge in [0.25, 0.3) is 0 Å². The molecule has 0 aliphatic carbocycles. The molecular formula is C15H25N3. The Labute approximate surface area is 111 Å². The predicted octanol–water partition coefficient (Wildman–Crippen LogP) is 2.74. The van der Waals surface area contributed by atoms with Crippen LogP contribution in [0.1, 0.15) is 44.4 Å². The molecule has 1 aliphatic rings. The number of hydrogen-bond acceptors (Lipinski definition) is 3. The SMILES string of the molecule is CCc1cc(CNC)cc(N2CCCCC2C)n1. The highest BCUT2D eigenvalue weighted by Gasteiger charge is 2.20. The molecule has 3 heteroatoms. The Morgan fingerprint density at radius 3 is 2.89 bits per heavy atom. The van der Waals surface area contributed by atoms with Gasteiger partial charge in [0.15, 0.2) is 0 Å². The molecule has 1 aliphatic heterocycles. The van der Waals surface area contributed by atoms with Gasteiger partial charge in [-0.1, -0.05) is 6.92 Å². The third-order valence-corrected chi connectivity index (χ3v) is 3.77. The number of anilines is 1. The summed E-state index contributed by atoms with van der Waals surface area (Å²) in [5, 5.41) is 3.23. The van der Waals surface area contributed by atoms with Gasteiger partial charge in [0.1, 0.15) is 5.82 Å². The monoisotopic (exact) mass is 247 g/mol. The Morgan fingerprint density at radius 1 is 1.39 bits per heavy atom. The van der Waals surface area contributed by atoms with E-state index in [1.54, 1.807) is 0 Å². The van der Waals surface area contributed by atoms with Crippen LogP contribution in [-0.4, -0.2) is 24.6 Å². The highest BCUT2D eigenvalue weighted by atomic mass is 15.2. The molecule has 2 heterocycles. The van der Waals surface area contributed by atoms with E-state index in [9.17, 15) is 0 Å². The van der Waals surface area contributed by atoms with Crippen LogP contribution in [-0.2, 0) is 13.0 Å². The van der Waals surface area contributed by atoms with E-state index in [2.05, 4.69) is 36.2 Å². The van der Waals surface area contributed by atoms with Crippen LogP contribution >= 0.6 is 0 Å². The zero-order valence-corrected chi connectivity index (χ0v) is 11.9. The van der Waals surface area contributed by atoms with Crippen LogP contribution in [0.5, 0.6) is 0 Å². The third kappa shape index (κ3) is 3.02. The van der Waals surface area contributed by atoms with E-state index in [0.717, 1.165) is 19.5 Å². The Balaban J connectivity index is 2.27. The van der Waals surface area contributed by atoms with Gasteiger partial charge >= 0.3 is 0 Å². The first-order valence-electron chi connectivity index (χ1n) is 7.15. The molecule has 1 aromatic rings. The molecule has 1 N–H and O–H groups in total. The van der Waals surface area contributed by atoms with E-state index in [-0.39, 0.29) is 0 Å². The molecule has 1 unspecified atom stereocenters. The zero-order valence-electron chi connectivity index (χ0n) is 11.9. The average molecular weight is 247 g/mol. The van der Waals surface area contributed by atoms with Gasteiger partial charge in [0.05, 0.1) is 0 Å². The Morgan fingerprint density at radius 2 is 2.22 bits per heavy atom. The molecule has 100 valence electrons. The maximum absolute atomic E-state index is 4.81. The topological polar surface area (TPSA) is 28.2 Å².